The zero-order valence-corrected chi connectivity index (χ0v) is 15.1. The molecule has 7 heteroatoms. The lowest BCUT2D eigenvalue weighted by atomic mass is 9.92. The average Bonchev–Trinajstić information content (AvgIpc) is 2.82. The van der Waals surface area contributed by atoms with E-state index in [1.165, 1.54) is 6.07 Å². The molecule has 1 aliphatic rings. The maximum Gasteiger partial charge on any atom is 0.276 e. The van der Waals surface area contributed by atoms with Crippen LogP contribution in [0.15, 0.2) is 30.7 Å². The van der Waals surface area contributed by atoms with E-state index in [-0.39, 0.29) is 15.4 Å². The van der Waals surface area contributed by atoms with Gasteiger partial charge >= 0.3 is 0 Å². The van der Waals surface area contributed by atoms with Crippen LogP contribution in [0.25, 0.3) is 0 Å². The first-order chi connectivity index (χ1) is 11.8. The van der Waals surface area contributed by atoms with Crippen LogP contribution in [0.5, 0.6) is 0 Å². The van der Waals surface area contributed by atoms with E-state index < -0.39 is 21.8 Å². The summed E-state index contributed by atoms with van der Waals surface area (Å²) in [6.45, 7) is 8.91. The normalized spacial score (nSPS) is 13.9. The number of nitrogens with zero attached hydrogens (tertiary/aromatic N) is 1. The fourth-order valence-electron chi connectivity index (χ4n) is 2.97. The summed E-state index contributed by atoms with van der Waals surface area (Å²) >= 11 is 0. The van der Waals surface area contributed by atoms with Crippen LogP contribution < -0.4 is 5.73 Å². The molecule has 0 saturated carbocycles. The predicted molar refractivity (Wildman–Crippen MR) is 97.6 cm³/mol. The first kappa shape index (κ1) is 18.9. The van der Waals surface area contributed by atoms with Crippen molar-refractivity contribution in [3.05, 3.63) is 53.0 Å². The van der Waals surface area contributed by atoms with Crippen molar-refractivity contribution in [3.8, 4) is 0 Å². The number of benzene rings is 1. The third-order valence-corrected chi connectivity index (χ3v) is 5.50. The van der Waals surface area contributed by atoms with Crippen molar-refractivity contribution < 1.29 is 18.0 Å². The van der Waals surface area contributed by atoms with Gasteiger partial charge in [0.2, 0.25) is 0 Å². The number of unbranched alkanes of at least 4 members (excludes halogenated alkanes) is 2. The number of nitrogens with two attached hydrogens (primary N) is 1. The summed E-state index contributed by atoms with van der Waals surface area (Å²) in [7, 11) is -4.21. The van der Waals surface area contributed by atoms with Crippen LogP contribution >= 0.6 is 0 Å². The molecule has 1 aliphatic heterocycles. The Morgan fingerprint density at radius 1 is 1.20 bits per heavy atom. The minimum atomic E-state index is -4.21. The topological polar surface area (TPSA) is 97.5 Å². The van der Waals surface area contributed by atoms with Gasteiger partial charge in [-0.15, -0.1) is 6.58 Å². The van der Waals surface area contributed by atoms with Gasteiger partial charge in [-0.2, -0.15) is 4.31 Å². The van der Waals surface area contributed by atoms with Crippen LogP contribution in [0.3, 0.4) is 0 Å². The van der Waals surface area contributed by atoms with Crippen LogP contribution in [0.4, 0.5) is 5.69 Å². The molecule has 0 fully saturated rings. The van der Waals surface area contributed by atoms with E-state index in [1.807, 2.05) is 0 Å². The minimum Gasteiger partial charge on any atom is -0.398 e. The number of rotatable bonds is 8. The maximum absolute atomic E-state index is 12.7. The zero-order chi connectivity index (χ0) is 18.8. The fourth-order valence-corrected chi connectivity index (χ4v) is 3.77. The van der Waals surface area contributed by atoms with Gasteiger partial charge in [0.15, 0.2) is 0 Å². The second kappa shape index (κ2) is 7.23. The smallest absolute Gasteiger partial charge is 0.276 e. The van der Waals surface area contributed by atoms with Crippen LogP contribution in [0.2, 0.25) is 0 Å². The molecule has 0 aromatic heterocycles. The minimum absolute atomic E-state index is 0.0768. The van der Waals surface area contributed by atoms with E-state index in [9.17, 15) is 18.0 Å². The monoisotopic (exact) mass is 362 g/mol. The number of allylic oxidation sites excluding steroid dienone is 1. The summed E-state index contributed by atoms with van der Waals surface area (Å²) in [6, 6.07) is 1.49. The Labute approximate surface area is 148 Å². The Hall–Kier alpha value is -2.41. The number of nitrogen functional groups attached to an aromatic ring is 1. The SMILES string of the molecule is C=CCc1cc2c(c(CCCCC)c1N)C(=O)N(S(=O)(=O)C=C)C2=O. The lowest BCUT2D eigenvalue weighted by Gasteiger charge is -2.14. The highest BCUT2D eigenvalue weighted by atomic mass is 32.2. The molecule has 2 N–H and O–H groups in total. The van der Waals surface area contributed by atoms with Crippen LogP contribution in [0.1, 0.15) is 58.0 Å². The van der Waals surface area contributed by atoms with Crippen molar-refractivity contribution >= 4 is 27.5 Å². The fraction of sp³-hybridized carbons (Fsp3) is 0.333. The Morgan fingerprint density at radius 2 is 1.88 bits per heavy atom. The third-order valence-electron chi connectivity index (χ3n) is 4.23. The van der Waals surface area contributed by atoms with Crippen LogP contribution in [-0.4, -0.2) is 24.5 Å². The molecular weight excluding hydrogens is 340 g/mol. The summed E-state index contributed by atoms with van der Waals surface area (Å²) < 4.78 is 24.4. The number of carbonyl (C=O) groups is 2. The molecule has 1 aromatic rings. The second-order valence-electron chi connectivity index (χ2n) is 5.89. The predicted octanol–water partition coefficient (Wildman–Crippen LogP) is 2.80. The molecule has 134 valence electrons. The van der Waals surface area contributed by atoms with E-state index in [2.05, 4.69) is 20.1 Å². The Balaban J connectivity index is 2.66. The van der Waals surface area contributed by atoms with Gasteiger partial charge in [0.1, 0.15) is 0 Å². The van der Waals surface area contributed by atoms with Gasteiger partial charge in [0.25, 0.3) is 21.8 Å². The molecule has 0 unspecified atom stereocenters. The number of fused-ring (bicyclic) bond motifs is 1. The van der Waals surface area contributed by atoms with Gasteiger partial charge in [-0.05, 0) is 36.5 Å². The van der Waals surface area contributed by atoms with Gasteiger partial charge < -0.3 is 5.73 Å². The molecular formula is C18H22N2O4S. The molecule has 0 aliphatic carbocycles. The van der Waals surface area contributed by atoms with Crippen LogP contribution in [0, 0.1) is 0 Å². The summed E-state index contributed by atoms with van der Waals surface area (Å²) in [5.74, 6) is -1.72. The molecule has 0 atom stereocenters. The molecule has 1 aromatic carbocycles. The second-order valence-corrected chi connectivity index (χ2v) is 7.62. The summed E-state index contributed by atoms with van der Waals surface area (Å²) in [6.07, 6.45) is 5.30. The van der Waals surface area contributed by atoms with E-state index in [0.29, 0.717) is 35.1 Å². The number of hydrogen-bond acceptors (Lipinski definition) is 5. The number of amides is 2. The van der Waals surface area contributed by atoms with E-state index in [4.69, 9.17) is 5.73 Å². The first-order valence-corrected chi connectivity index (χ1v) is 9.62. The van der Waals surface area contributed by atoms with Gasteiger partial charge in [-0.25, -0.2) is 8.42 Å². The molecule has 0 saturated heterocycles. The highest BCUT2D eigenvalue weighted by Crippen LogP contribution is 2.35. The van der Waals surface area contributed by atoms with E-state index in [0.717, 1.165) is 19.3 Å². The van der Waals surface area contributed by atoms with E-state index in [1.54, 1.807) is 6.08 Å². The quantitative estimate of drug-likeness (QED) is 0.332. The molecule has 2 rings (SSSR count). The van der Waals surface area contributed by atoms with Crippen molar-refractivity contribution in [1.82, 2.24) is 4.31 Å². The van der Waals surface area contributed by atoms with Crippen LogP contribution in [-0.2, 0) is 22.9 Å². The van der Waals surface area contributed by atoms with Crippen molar-refractivity contribution in [1.29, 1.82) is 0 Å². The maximum atomic E-state index is 12.7. The summed E-state index contributed by atoms with van der Waals surface area (Å²) in [4.78, 5) is 25.3. The molecule has 0 bridgehead atoms. The molecule has 0 spiro atoms. The Kier molecular flexibility index (Phi) is 5.47. The van der Waals surface area contributed by atoms with Crippen molar-refractivity contribution in [3.63, 3.8) is 0 Å². The number of hydrogen-bond donors (Lipinski definition) is 1. The molecule has 1 heterocycles. The summed E-state index contributed by atoms with van der Waals surface area (Å²) in [5.41, 5.74) is 8.03. The molecule has 25 heavy (non-hydrogen) atoms. The number of carbonyl (C=O) groups excluding carboxylic acids is 2. The zero-order valence-electron chi connectivity index (χ0n) is 14.2. The van der Waals surface area contributed by atoms with Gasteiger partial charge in [0, 0.05) is 11.1 Å². The number of anilines is 1. The Bertz CT molecular complexity index is 856. The standard InChI is InChI=1S/C18H22N2O4S/c1-4-7-8-10-13-15-14(11-12(9-5-2)16(13)19)17(21)20(18(15)22)25(23,24)6-3/h5-6,11H,2-4,7-10,19H2,1H3. The summed E-state index contributed by atoms with van der Waals surface area (Å²) in [5, 5.41) is 0.597. The molecule has 0 radical (unpaired) electrons. The van der Waals surface area contributed by atoms with Gasteiger partial charge in [-0.1, -0.05) is 32.4 Å². The average molecular weight is 362 g/mol. The first-order valence-electron chi connectivity index (χ1n) is 8.11. The lowest BCUT2D eigenvalue weighted by Crippen LogP contribution is -2.34. The Morgan fingerprint density at radius 3 is 2.44 bits per heavy atom. The lowest BCUT2D eigenvalue weighted by molar-refractivity contribution is 0.0766. The molecule has 2 amide bonds. The van der Waals surface area contributed by atoms with E-state index >= 15 is 0 Å². The van der Waals surface area contributed by atoms with Crippen molar-refractivity contribution in [2.24, 2.45) is 0 Å². The largest absolute Gasteiger partial charge is 0.398 e. The van der Waals surface area contributed by atoms with Gasteiger partial charge in [-0.3, -0.25) is 9.59 Å². The number of sulfonamides is 1. The van der Waals surface area contributed by atoms with Crippen molar-refractivity contribution in [2.75, 3.05) is 5.73 Å². The van der Waals surface area contributed by atoms with Crippen molar-refractivity contribution in [2.45, 2.75) is 39.0 Å². The van der Waals surface area contributed by atoms with Gasteiger partial charge in [0.05, 0.1) is 11.1 Å². The third kappa shape index (κ3) is 3.24. The number of imide groups is 1. The molecule has 6 nitrogen and oxygen atoms in total. The highest BCUT2D eigenvalue weighted by molar-refractivity contribution is 7.93. The highest BCUT2D eigenvalue weighted by Gasteiger charge is 2.44.